The first-order chi connectivity index (χ1) is 8.97. The maximum atomic E-state index is 12.6. The highest BCUT2D eigenvalue weighted by atomic mass is 35.5. The fraction of sp³-hybridized carbons (Fsp3) is 0.200. The van der Waals surface area contributed by atoms with Crippen LogP contribution in [0, 0.1) is 0 Å². The van der Waals surface area contributed by atoms with E-state index < -0.39 is 11.7 Å². The number of benzene rings is 2. The molecule has 0 heterocycles. The van der Waals surface area contributed by atoms with E-state index in [0.717, 1.165) is 17.7 Å². The van der Waals surface area contributed by atoms with Crippen molar-refractivity contribution in [2.45, 2.75) is 18.6 Å². The van der Waals surface area contributed by atoms with Gasteiger partial charge in [-0.1, -0.05) is 48.5 Å². The minimum absolute atomic E-state index is 0. The van der Waals surface area contributed by atoms with Gasteiger partial charge in [0.1, 0.15) is 0 Å². The van der Waals surface area contributed by atoms with Gasteiger partial charge < -0.3 is 5.73 Å². The van der Waals surface area contributed by atoms with Crippen LogP contribution in [0.3, 0.4) is 0 Å². The highest BCUT2D eigenvalue weighted by Gasteiger charge is 2.30. The van der Waals surface area contributed by atoms with Crippen molar-refractivity contribution in [1.29, 1.82) is 0 Å². The topological polar surface area (TPSA) is 26.0 Å². The third-order valence-electron chi connectivity index (χ3n) is 2.94. The van der Waals surface area contributed by atoms with Crippen molar-refractivity contribution in [3.05, 3.63) is 71.3 Å². The van der Waals surface area contributed by atoms with Gasteiger partial charge in [0.05, 0.1) is 5.56 Å². The van der Waals surface area contributed by atoms with Gasteiger partial charge in [0.15, 0.2) is 0 Å². The van der Waals surface area contributed by atoms with Crippen LogP contribution in [0.5, 0.6) is 0 Å². The van der Waals surface area contributed by atoms with E-state index in [1.165, 1.54) is 6.07 Å². The Bertz CT molecular complexity index is 540. The van der Waals surface area contributed by atoms with E-state index in [1.807, 2.05) is 30.3 Å². The summed E-state index contributed by atoms with van der Waals surface area (Å²) < 4.78 is 37.8. The zero-order valence-electron chi connectivity index (χ0n) is 10.6. The fourth-order valence-electron chi connectivity index (χ4n) is 1.95. The monoisotopic (exact) mass is 301 g/mol. The van der Waals surface area contributed by atoms with E-state index in [4.69, 9.17) is 5.73 Å². The van der Waals surface area contributed by atoms with E-state index in [-0.39, 0.29) is 18.4 Å². The molecule has 2 rings (SSSR count). The number of hydrogen-bond donors (Lipinski definition) is 1. The van der Waals surface area contributed by atoms with Gasteiger partial charge in [-0.25, -0.2) is 0 Å². The predicted molar refractivity (Wildman–Crippen MR) is 75.8 cm³/mol. The lowest BCUT2D eigenvalue weighted by Gasteiger charge is -2.13. The standard InChI is InChI=1S/C15H14F3N.ClH/c16-15(17,18)13-8-4-5-11(9-13)10-14(19)12-6-2-1-3-7-12;/h1-9,14H,10,19H2;1H. The Balaban J connectivity index is 0.00000200. The summed E-state index contributed by atoms with van der Waals surface area (Å²) in [7, 11) is 0. The Morgan fingerprint density at radius 1 is 0.950 bits per heavy atom. The summed E-state index contributed by atoms with van der Waals surface area (Å²) in [4.78, 5) is 0. The molecule has 0 aliphatic rings. The van der Waals surface area contributed by atoms with Crippen LogP contribution in [-0.2, 0) is 12.6 Å². The van der Waals surface area contributed by atoms with Gasteiger partial charge in [0.2, 0.25) is 0 Å². The van der Waals surface area contributed by atoms with Crippen LogP contribution in [0.15, 0.2) is 54.6 Å². The highest BCUT2D eigenvalue weighted by Crippen LogP contribution is 2.30. The average molecular weight is 302 g/mol. The molecule has 0 amide bonds. The molecule has 2 N–H and O–H groups in total. The lowest BCUT2D eigenvalue weighted by Crippen LogP contribution is -2.14. The number of nitrogens with two attached hydrogens (primary N) is 1. The summed E-state index contributed by atoms with van der Waals surface area (Å²) >= 11 is 0. The lowest BCUT2D eigenvalue weighted by atomic mass is 9.98. The van der Waals surface area contributed by atoms with E-state index in [2.05, 4.69) is 0 Å². The molecule has 0 radical (unpaired) electrons. The van der Waals surface area contributed by atoms with Gasteiger partial charge in [-0.05, 0) is 23.6 Å². The third-order valence-corrected chi connectivity index (χ3v) is 2.94. The van der Waals surface area contributed by atoms with Crippen molar-refractivity contribution >= 4 is 12.4 Å². The second-order valence-corrected chi connectivity index (χ2v) is 4.42. The lowest BCUT2D eigenvalue weighted by molar-refractivity contribution is -0.137. The van der Waals surface area contributed by atoms with Gasteiger partial charge in [-0.2, -0.15) is 13.2 Å². The van der Waals surface area contributed by atoms with Crippen LogP contribution >= 0.6 is 12.4 Å². The molecule has 108 valence electrons. The van der Waals surface area contributed by atoms with Crippen LogP contribution in [0.4, 0.5) is 13.2 Å². The molecule has 0 spiro atoms. The molecule has 0 saturated carbocycles. The summed E-state index contributed by atoms with van der Waals surface area (Å²) in [6.45, 7) is 0. The fourth-order valence-corrected chi connectivity index (χ4v) is 1.95. The first-order valence-corrected chi connectivity index (χ1v) is 5.93. The number of alkyl halides is 3. The zero-order chi connectivity index (χ0) is 13.9. The Kier molecular flexibility index (Phi) is 5.60. The van der Waals surface area contributed by atoms with Crippen molar-refractivity contribution < 1.29 is 13.2 Å². The maximum Gasteiger partial charge on any atom is 0.416 e. The molecule has 5 heteroatoms. The Morgan fingerprint density at radius 2 is 1.60 bits per heavy atom. The Labute approximate surface area is 122 Å². The minimum atomic E-state index is -4.31. The summed E-state index contributed by atoms with van der Waals surface area (Å²) in [6, 6.07) is 14.3. The highest BCUT2D eigenvalue weighted by molar-refractivity contribution is 5.85. The minimum Gasteiger partial charge on any atom is -0.324 e. The van der Waals surface area contributed by atoms with Crippen LogP contribution in [0.25, 0.3) is 0 Å². The van der Waals surface area contributed by atoms with Crippen molar-refractivity contribution in [2.24, 2.45) is 5.73 Å². The normalized spacial score (nSPS) is 12.6. The van der Waals surface area contributed by atoms with Gasteiger partial charge in [0, 0.05) is 6.04 Å². The molecule has 20 heavy (non-hydrogen) atoms. The van der Waals surface area contributed by atoms with Crippen LogP contribution in [-0.4, -0.2) is 0 Å². The zero-order valence-corrected chi connectivity index (χ0v) is 11.4. The van der Waals surface area contributed by atoms with Gasteiger partial charge in [-0.3, -0.25) is 0 Å². The van der Waals surface area contributed by atoms with Gasteiger partial charge in [0.25, 0.3) is 0 Å². The van der Waals surface area contributed by atoms with Crippen molar-refractivity contribution in [1.82, 2.24) is 0 Å². The quantitative estimate of drug-likeness (QED) is 0.895. The largest absolute Gasteiger partial charge is 0.416 e. The van der Waals surface area contributed by atoms with E-state index in [1.54, 1.807) is 6.07 Å². The molecule has 2 aromatic carbocycles. The first kappa shape index (κ1) is 16.5. The smallest absolute Gasteiger partial charge is 0.324 e. The molecule has 0 fully saturated rings. The molecule has 0 bridgehead atoms. The summed E-state index contributed by atoms with van der Waals surface area (Å²) in [5, 5.41) is 0. The molecular formula is C15H15ClF3N. The molecular weight excluding hydrogens is 287 g/mol. The molecule has 2 aromatic rings. The molecule has 1 unspecified atom stereocenters. The second-order valence-electron chi connectivity index (χ2n) is 4.42. The first-order valence-electron chi connectivity index (χ1n) is 5.93. The maximum absolute atomic E-state index is 12.6. The molecule has 0 aliphatic carbocycles. The summed E-state index contributed by atoms with van der Waals surface area (Å²) in [6.07, 6.45) is -3.93. The van der Waals surface area contributed by atoms with Crippen molar-refractivity contribution in [2.75, 3.05) is 0 Å². The van der Waals surface area contributed by atoms with Crippen LogP contribution < -0.4 is 5.73 Å². The number of halogens is 4. The number of hydrogen-bond acceptors (Lipinski definition) is 1. The average Bonchev–Trinajstić information content (AvgIpc) is 2.39. The second kappa shape index (κ2) is 6.77. The molecule has 1 nitrogen and oxygen atoms in total. The van der Waals surface area contributed by atoms with E-state index in [9.17, 15) is 13.2 Å². The SMILES string of the molecule is Cl.NC(Cc1cccc(C(F)(F)F)c1)c1ccccc1. The van der Waals surface area contributed by atoms with Crippen LogP contribution in [0.2, 0.25) is 0 Å². The molecule has 1 atom stereocenters. The van der Waals surface area contributed by atoms with E-state index >= 15 is 0 Å². The van der Waals surface area contributed by atoms with E-state index in [0.29, 0.717) is 12.0 Å². The van der Waals surface area contributed by atoms with Gasteiger partial charge in [-0.15, -0.1) is 12.4 Å². The Morgan fingerprint density at radius 3 is 2.20 bits per heavy atom. The van der Waals surface area contributed by atoms with Gasteiger partial charge >= 0.3 is 6.18 Å². The van der Waals surface area contributed by atoms with Crippen molar-refractivity contribution in [3.63, 3.8) is 0 Å². The molecule has 0 aromatic heterocycles. The van der Waals surface area contributed by atoms with Crippen LogP contribution in [0.1, 0.15) is 22.7 Å². The summed E-state index contributed by atoms with van der Waals surface area (Å²) in [5.74, 6) is 0. The van der Waals surface area contributed by atoms with Crippen molar-refractivity contribution in [3.8, 4) is 0 Å². The third kappa shape index (κ3) is 4.25. The Hall–Kier alpha value is -1.52. The summed E-state index contributed by atoms with van der Waals surface area (Å²) in [5.41, 5.74) is 6.88. The predicted octanol–water partition coefficient (Wildman–Crippen LogP) is 4.37. The molecule has 0 aliphatic heterocycles. The number of rotatable bonds is 3. The molecule has 0 saturated heterocycles.